The van der Waals surface area contributed by atoms with E-state index in [-0.39, 0.29) is 30.0 Å². The van der Waals surface area contributed by atoms with Crippen molar-refractivity contribution in [3.63, 3.8) is 0 Å². The molecule has 2 fully saturated rings. The van der Waals surface area contributed by atoms with Crippen molar-refractivity contribution in [1.29, 1.82) is 5.26 Å². The molecule has 0 aromatic carbocycles. The number of nitrogens with one attached hydrogen (secondary N) is 1. The van der Waals surface area contributed by atoms with Crippen molar-refractivity contribution in [2.24, 2.45) is 5.92 Å². The van der Waals surface area contributed by atoms with E-state index in [2.05, 4.69) is 21.5 Å². The van der Waals surface area contributed by atoms with Crippen LogP contribution >= 0.6 is 0 Å². The molecule has 0 bridgehead atoms. The Bertz CT molecular complexity index is 1200. The lowest BCUT2D eigenvalue weighted by molar-refractivity contribution is -0.150. The highest BCUT2D eigenvalue weighted by Crippen LogP contribution is 2.40. The van der Waals surface area contributed by atoms with Gasteiger partial charge in [-0.05, 0) is 51.2 Å². The fraction of sp³-hybridized carbons (Fsp3) is 0.643. The van der Waals surface area contributed by atoms with Crippen molar-refractivity contribution in [2.75, 3.05) is 18.5 Å². The van der Waals surface area contributed by atoms with Gasteiger partial charge < -0.3 is 24.6 Å². The molecule has 0 unspecified atom stereocenters. The first-order valence-corrected chi connectivity index (χ1v) is 13.8. The minimum atomic E-state index is -1.79. The highest BCUT2D eigenvalue weighted by Gasteiger charge is 2.52. The van der Waals surface area contributed by atoms with Crippen LogP contribution in [0.5, 0.6) is 0 Å². The van der Waals surface area contributed by atoms with E-state index in [9.17, 15) is 20.0 Å². The zero-order chi connectivity index (χ0) is 28.0. The summed E-state index contributed by atoms with van der Waals surface area (Å²) in [7, 11) is 0. The summed E-state index contributed by atoms with van der Waals surface area (Å²) in [6.45, 7) is 5.77. The molecule has 1 saturated heterocycles. The number of nitrogens with zero attached hydrogens (tertiary/aromatic N) is 4. The molecule has 2 aromatic rings. The van der Waals surface area contributed by atoms with E-state index in [0.717, 1.165) is 38.5 Å². The molecule has 1 amide bonds. The summed E-state index contributed by atoms with van der Waals surface area (Å²) in [5.74, 6) is -0.104. The van der Waals surface area contributed by atoms with Gasteiger partial charge in [-0.2, -0.15) is 10.4 Å². The normalized spacial score (nSPS) is 24.0. The van der Waals surface area contributed by atoms with Crippen LogP contribution in [-0.2, 0) is 29.4 Å². The monoisotopic (exact) mass is 540 g/mol. The van der Waals surface area contributed by atoms with Crippen LogP contribution in [0, 0.1) is 23.7 Å². The second-order valence-corrected chi connectivity index (χ2v) is 10.8. The van der Waals surface area contributed by atoms with Crippen LogP contribution in [0.1, 0.15) is 77.8 Å². The first-order valence-electron chi connectivity index (χ1n) is 13.8. The number of hydrogen-bond donors (Lipinski definition) is 2. The van der Waals surface area contributed by atoms with Gasteiger partial charge in [0.05, 0.1) is 5.69 Å². The van der Waals surface area contributed by atoms with Crippen LogP contribution in [0.15, 0.2) is 18.5 Å². The van der Waals surface area contributed by atoms with E-state index in [1.54, 1.807) is 26.0 Å². The van der Waals surface area contributed by atoms with Gasteiger partial charge in [-0.25, -0.2) is 9.50 Å². The Morgan fingerprint density at radius 3 is 2.79 bits per heavy atom. The van der Waals surface area contributed by atoms with Crippen LogP contribution in [-0.4, -0.2) is 62.6 Å². The van der Waals surface area contributed by atoms with Crippen LogP contribution in [0.2, 0.25) is 0 Å². The quantitative estimate of drug-likeness (QED) is 0.323. The van der Waals surface area contributed by atoms with Gasteiger partial charge in [0, 0.05) is 19.4 Å². The summed E-state index contributed by atoms with van der Waals surface area (Å²) in [5.41, 5.74) is -2.19. The Morgan fingerprint density at radius 1 is 1.31 bits per heavy atom. The van der Waals surface area contributed by atoms with Crippen molar-refractivity contribution < 1.29 is 28.9 Å². The van der Waals surface area contributed by atoms with Crippen molar-refractivity contribution in [1.82, 2.24) is 14.6 Å². The van der Waals surface area contributed by atoms with Crippen molar-refractivity contribution in [3.8, 4) is 6.07 Å². The van der Waals surface area contributed by atoms with Crippen molar-refractivity contribution in [2.45, 2.75) is 95.5 Å². The summed E-state index contributed by atoms with van der Waals surface area (Å²) in [5, 5.41) is 28.1. The van der Waals surface area contributed by atoms with E-state index < -0.39 is 23.4 Å². The molecule has 1 saturated carbocycles. The summed E-state index contributed by atoms with van der Waals surface area (Å²) < 4.78 is 18.6. The standard InChI is InChI=1S/C28H38N5O6/c1-4-5-13-38-27(2,3)26(36)32-25-21-11-12-22(33(21)31-18-30-25)28(17-29)23(34)15-20(39-28)16-37-24(35)14-19-9-7-6-8-10-19/h11-12,15,18-20,23,34H,4-10,13-14,16H2,1-3H3,(H,30,31,32,36)/t20-,23-,28+/m1/s1. The molecule has 1 aliphatic carbocycles. The predicted molar refractivity (Wildman–Crippen MR) is 141 cm³/mol. The molecule has 211 valence electrons. The molecule has 2 aromatic heterocycles. The Labute approximate surface area is 228 Å². The number of carbonyl (C=O) groups is 2. The average molecular weight is 541 g/mol. The number of esters is 1. The average Bonchev–Trinajstić information content (AvgIpc) is 3.50. The number of anilines is 1. The van der Waals surface area contributed by atoms with Crippen molar-refractivity contribution in [3.05, 3.63) is 30.6 Å². The zero-order valence-electron chi connectivity index (χ0n) is 22.9. The Hall–Kier alpha value is -3.07. The topological polar surface area (TPSA) is 148 Å². The first-order chi connectivity index (χ1) is 18.7. The van der Waals surface area contributed by atoms with Gasteiger partial charge in [0.15, 0.2) is 5.82 Å². The maximum absolute atomic E-state index is 12.9. The summed E-state index contributed by atoms with van der Waals surface area (Å²) in [4.78, 5) is 29.5. The molecule has 4 rings (SSSR count). The van der Waals surface area contributed by atoms with Crippen molar-refractivity contribution >= 4 is 23.2 Å². The molecule has 11 nitrogen and oxygen atoms in total. The first kappa shape index (κ1) is 28.9. The Balaban J connectivity index is 1.46. The largest absolute Gasteiger partial charge is 0.463 e. The number of aliphatic hydroxyl groups excluding tert-OH is 1. The SMILES string of the molecule is CCCCOC(C)(C)C(=O)Nc1ncnn2c([C@]3(C#N)O[C@@H](COC(=O)CC4CCCCC4)[CH][C@H]3O)ccc12. The van der Waals surface area contributed by atoms with Gasteiger partial charge in [-0.3, -0.25) is 9.59 Å². The smallest absolute Gasteiger partial charge is 0.306 e. The maximum Gasteiger partial charge on any atom is 0.306 e. The Kier molecular flexibility index (Phi) is 9.20. The van der Waals surface area contributed by atoms with E-state index in [1.165, 1.54) is 23.7 Å². The maximum atomic E-state index is 12.9. The fourth-order valence-corrected chi connectivity index (χ4v) is 5.11. The zero-order valence-corrected chi connectivity index (χ0v) is 22.9. The summed E-state index contributed by atoms with van der Waals surface area (Å²) in [6.07, 6.45) is 8.34. The number of aliphatic hydroxyl groups is 1. The van der Waals surface area contributed by atoms with Gasteiger partial charge in [0.1, 0.15) is 42.3 Å². The van der Waals surface area contributed by atoms with Gasteiger partial charge in [-0.1, -0.05) is 32.6 Å². The number of carbonyl (C=O) groups excluding carboxylic acids is 2. The highest BCUT2D eigenvalue weighted by atomic mass is 16.6. The van der Waals surface area contributed by atoms with Gasteiger partial charge in [-0.15, -0.1) is 0 Å². The van der Waals surface area contributed by atoms with Crippen LogP contribution in [0.25, 0.3) is 5.52 Å². The third-order valence-corrected chi connectivity index (χ3v) is 7.48. The second kappa shape index (κ2) is 12.4. The molecular formula is C28H38N5O6. The van der Waals surface area contributed by atoms with Crippen LogP contribution in [0.4, 0.5) is 5.82 Å². The number of unbranched alkanes of at least 4 members (excludes halogenated alkanes) is 1. The summed E-state index contributed by atoms with van der Waals surface area (Å²) >= 11 is 0. The lowest BCUT2D eigenvalue weighted by Gasteiger charge is -2.25. The number of hydrogen-bond acceptors (Lipinski definition) is 9. The highest BCUT2D eigenvalue weighted by molar-refractivity contribution is 5.98. The number of amides is 1. The third-order valence-electron chi connectivity index (χ3n) is 7.48. The molecule has 39 heavy (non-hydrogen) atoms. The molecule has 11 heteroatoms. The van der Waals surface area contributed by atoms with E-state index >= 15 is 0 Å². The molecule has 1 aliphatic heterocycles. The summed E-state index contributed by atoms with van der Waals surface area (Å²) in [6, 6.07) is 5.32. The minimum Gasteiger partial charge on any atom is -0.463 e. The van der Waals surface area contributed by atoms with E-state index in [1.807, 2.05) is 6.92 Å². The van der Waals surface area contributed by atoms with E-state index in [4.69, 9.17) is 14.2 Å². The van der Waals surface area contributed by atoms with Crippen LogP contribution < -0.4 is 5.32 Å². The molecule has 2 N–H and O–H groups in total. The number of aromatic nitrogens is 3. The fourth-order valence-electron chi connectivity index (χ4n) is 5.11. The molecule has 3 heterocycles. The van der Waals surface area contributed by atoms with Gasteiger partial charge in [0.2, 0.25) is 5.60 Å². The van der Waals surface area contributed by atoms with Gasteiger partial charge in [0.25, 0.3) is 5.91 Å². The van der Waals surface area contributed by atoms with Gasteiger partial charge >= 0.3 is 5.97 Å². The molecule has 3 atom stereocenters. The molecule has 1 radical (unpaired) electrons. The number of fused-ring (bicyclic) bond motifs is 1. The third kappa shape index (κ3) is 6.40. The minimum absolute atomic E-state index is 0.0985. The lowest BCUT2D eigenvalue weighted by atomic mass is 9.87. The second-order valence-electron chi connectivity index (χ2n) is 10.8. The number of ether oxygens (including phenoxy) is 3. The molecule has 2 aliphatic rings. The van der Waals surface area contributed by atoms with E-state index in [0.29, 0.717) is 24.5 Å². The van der Waals surface area contributed by atoms with Crippen LogP contribution in [0.3, 0.4) is 0 Å². The number of rotatable bonds is 11. The lowest BCUT2D eigenvalue weighted by Crippen LogP contribution is -2.40. The molecular weight excluding hydrogens is 502 g/mol. The Morgan fingerprint density at radius 2 is 2.08 bits per heavy atom. The molecule has 0 spiro atoms. The predicted octanol–water partition coefficient (Wildman–Crippen LogP) is 3.46. The number of nitriles is 1.